The zero-order valence-electron chi connectivity index (χ0n) is 14.0. The second-order valence-corrected chi connectivity index (χ2v) is 6.94. The third-order valence-corrected chi connectivity index (χ3v) is 4.03. The molecule has 0 amide bonds. The van der Waals surface area contributed by atoms with Gasteiger partial charge in [0.05, 0.1) is 11.0 Å². The largest absolute Gasteiger partial charge is 0.324 e. The molecule has 4 heteroatoms. The Labute approximate surface area is 136 Å². The Morgan fingerprint density at radius 2 is 1.70 bits per heavy atom. The molecule has 1 aromatic heterocycles. The number of fused-ring (bicyclic) bond motifs is 1. The van der Waals surface area contributed by atoms with Crippen LogP contribution in [0, 0.1) is 19.7 Å². The average molecular weight is 311 g/mol. The fourth-order valence-corrected chi connectivity index (χ4v) is 2.77. The van der Waals surface area contributed by atoms with Gasteiger partial charge in [-0.15, -0.1) is 0 Å². The van der Waals surface area contributed by atoms with Crippen LogP contribution in [0.5, 0.6) is 0 Å². The average Bonchev–Trinajstić information content (AvgIpc) is 2.77. The molecule has 0 fully saturated rings. The molecule has 3 rings (SSSR count). The number of nitrogens with zero attached hydrogens (tertiary/aromatic N) is 2. The first-order chi connectivity index (χ1) is 10.7. The van der Waals surface area contributed by atoms with Crippen LogP contribution in [0.15, 0.2) is 36.4 Å². The van der Waals surface area contributed by atoms with Crippen LogP contribution in [0.25, 0.3) is 22.4 Å². The molecule has 0 unspecified atom stereocenters. The van der Waals surface area contributed by atoms with Crippen molar-refractivity contribution in [1.29, 1.82) is 0 Å². The first-order valence-electron chi connectivity index (χ1n) is 7.77. The van der Waals surface area contributed by atoms with Crippen molar-refractivity contribution in [3.05, 3.63) is 53.3 Å². The Morgan fingerprint density at radius 3 is 2.30 bits per heavy atom. The second kappa shape index (κ2) is 5.46. The van der Waals surface area contributed by atoms with Crippen LogP contribution in [0.1, 0.15) is 25.0 Å². The van der Waals surface area contributed by atoms with Crippen molar-refractivity contribution in [2.75, 3.05) is 0 Å². The van der Waals surface area contributed by atoms with Gasteiger partial charge in [0.15, 0.2) is 0 Å². The van der Waals surface area contributed by atoms with E-state index < -0.39 is 0 Å². The molecule has 23 heavy (non-hydrogen) atoms. The monoisotopic (exact) mass is 311 g/mol. The highest BCUT2D eigenvalue weighted by Crippen LogP contribution is 2.28. The molecule has 0 aliphatic heterocycles. The van der Waals surface area contributed by atoms with Crippen LogP contribution in [-0.4, -0.2) is 15.1 Å². The van der Waals surface area contributed by atoms with Gasteiger partial charge in [0.2, 0.25) is 0 Å². The van der Waals surface area contributed by atoms with Gasteiger partial charge in [0, 0.05) is 17.6 Å². The number of nitrogens with two attached hydrogens (primary N) is 1. The summed E-state index contributed by atoms with van der Waals surface area (Å²) in [5, 5.41) is 0. The molecule has 0 aliphatic rings. The van der Waals surface area contributed by atoms with E-state index in [-0.39, 0.29) is 11.4 Å². The van der Waals surface area contributed by atoms with E-state index in [4.69, 9.17) is 10.7 Å². The number of imidazole rings is 1. The number of rotatable bonds is 3. The third kappa shape index (κ3) is 3.13. The topological polar surface area (TPSA) is 43.8 Å². The molecule has 3 nitrogen and oxygen atoms in total. The zero-order chi connectivity index (χ0) is 16.8. The number of aromatic nitrogens is 2. The number of aryl methyl sites for hydroxylation is 2. The predicted molar refractivity (Wildman–Crippen MR) is 92.9 cm³/mol. The number of hydrogen-bond donors (Lipinski definition) is 1. The van der Waals surface area contributed by atoms with Gasteiger partial charge in [-0.3, -0.25) is 0 Å². The van der Waals surface area contributed by atoms with Crippen molar-refractivity contribution < 1.29 is 4.39 Å². The van der Waals surface area contributed by atoms with Gasteiger partial charge in [-0.1, -0.05) is 0 Å². The van der Waals surface area contributed by atoms with Crippen LogP contribution in [0.4, 0.5) is 4.39 Å². The smallest absolute Gasteiger partial charge is 0.141 e. The fourth-order valence-electron chi connectivity index (χ4n) is 2.77. The van der Waals surface area contributed by atoms with E-state index in [1.807, 2.05) is 13.8 Å². The van der Waals surface area contributed by atoms with Gasteiger partial charge in [-0.25, -0.2) is 9.37 Å². The zero-order valence-corrected chi connectivity index (χ0v) is 14.0. The second-order valence-electron chi connectivity index (χ2n) is 6.94. The molecule has 0 spiro atoms. The van der Waals surface area contributed by atoms with Gasteiger partial charge >= 0.3 is 0 Å². The Bertz CT molecular complexity index is 855. The highest BCUT2D eigenvalue weighted by Gasteiger charge is 2.19. The molecule has 0 aliphatic carbocycles. The molecule has 120 valence electrons. The Hall–Kier alpha value is -2.20. The molecule has 0 radical (unpaired) electrons. The van der Waals surface area contributed by atoms with Gasteiger partial charge in [0.1, 0.15) is 11.6 Å². The summed E-state index contributed by atoms with van der Waals surface area (Å²) in [7, 11) is 0. The van der Waals surface area contributed by atoms with Crippen molar-refractivity contribution >= 4 is 11.0 Å². The quantitative estimate of drug-likeness (QED) is 0.788. The minimum Gasteiger partial charge on any atom is -0.324 e. The lowest BCUT2D eigenvalue weighted by Crippen LogP contribution is -2.37. The molecule has 3 aromatic rings. The molecular formula is C19H22FN3. The minimum atomic E-state index is -0.374. The summed E-state index contributed by atoms with van der Waals surface area (Å²) in [6, 6.07) is 10.7. The summed E-state index contributed by atoms with van der Waals surface area (Å²) in [6.07, 6.45) is 0. The molecule has 2 aromatic carbocycles. The van der Waals surface area contributed by atoms with Gasteiger partial charge in [-0.2, -0.15) is 0 Å². The molecule has 2 N–H and O–H groups in total. The van der Waals surface area contributed by atoms with Gasteiger partial charge < -0.3 is 10.3 Å². The van der Waals surface area contributed by atoms with Gasteiger partial charge in [-0.05, 0) is 75.2 Å². The minimum absolute atomic E-state index is 0.248. The van der Waals surface area contributed by atoms with Crippen LogP contribution < -0.4 is 5.73 Å². The van der Waals surface area contributed by atoms with E-state index in [2.05, 4.69) is 30.5 Å². The molecule has 0 bridgehead atoms. The third-order valence-electron chi connectivity index (χ3n) is 4.03. The normalized spacial score (nSPS) is 12.1. The van der Waals surface area contributed by atoms with Crippen molar-refractivity contribution in [2.45, 2.75) is 39.8 Å². The fraction of sp³-hybridized carbons (Fsp3) is 0.316. The van der Waals surface area contributed by atoms with E-state index in [1.165, 1.54) is 23.3 Å². The van der Waals surface area contributed by atoms with Crippen molar-refractivity contribution in [1.82, 2.24) is 9.55 Å². The lowest BCUT2D eigenvalue weighted by atomic mass is 10.1. The van der Waals surface area contributed by atoms with E-state index in [0.717, 1.165) is 22.4 Å². The SMILES string of the molecule is Cc1cc2nc(-c3ccc(F)cc3)n(CC(C)(C)N)c2cc1C. The van der Waals surface area contributed by atoms with Gasteiger partial charge in [0.25, 0.3) is 0 Å². The van der Waals surface area contributed by atoms with Crippen LogP contribution in [-0.2, 0) is 6.54 Å². The lowest BCUT2D eigenvalue weighted by molar-refractivity contribution is 0.442. The summed E-state index contributed by atoms with van der Waals surface area (Å²) in [6.45, 7) is 8.80. The summed E-state index contributed by atoms with van der Waals surface area (Å²) >= 11 is 0. The van der Waals surface area contributed by atoms with E-state index >= 15 is 0 Å². The maximum atomic E-state index is 13.2. The highest BCUT2D eigenvalue weighted by atomic mass is 19.1. The molecule has 0 saturated heterocycles. The van der Waals surface area contributed by atoms with Crippen LogP contribution in [0.3, 0.4) is 0 Å². The summed E-state index contributed by atoms with van der Waals surface area (Å²) in [4.78, 5) is 4.78. The standard InChI is InChI=1S/C19H22FN3/c1-12-9-16-17(10-13(12)2)23(11-19(3,4)21)18(22-16)14-5-7-15(20)8-6-14/h5-10H,11,21H2,1-4H3. The highest BCUT2D eigenvalue weighted by molar-refractivity contribution is 5.82. The summed E-state index contributed by atoms with van der Waals surface area (Å²) in [5.74, 6) is 0.575. The summed E-state index contributed by atoms with van der Waals surface area (Å²) in [5.41, 5.74) is 11.2. The predicted octanol–water partition coefficient (Wildman–Crippen LogP) is 4.20. The Balaban J connectivity index is 2.26. The Kier molecular flexibility index (Phi) is 3.72. The number of benzene rings is 2. The molecule has 0 atom stereocenters. The van der Waals surface area contributed by atoms with Crippen molar-refractivity contribution in [2.24, 2.45) is 5.73 Å². The van der Waals surface area contributed by atoms with E-state index in [1.54, 1.807) is 12.1 Å². The summed E-state index contributed by atoms with van der Waals surface area (Å²) < 4.78 is 15.4. The maximum absolute atomic E-state index is 13.2. The van der Waals surface area contributed by atoms with E-state index in [9.17, 15) is 4.39 Å². The van der Waals surface area contributed by atoms with Crippen LogP contribution >= 0.6 is 0 Å². The first kappa shape index (κ1) is 15.7. The molecular weight excluding hydrogens is 289 g/mol. The van der Waals surface area contributed by atoms with Crippen LogP contribution in [0.2, 0.25) is 0 Å². The van der Waals surface area contributed by atoms with Crippen molar-refractivity contribution in [3.63, 3.8) is 0 Å². The number of hydrogen-bond acceptors (Lipinski definition) is 2. The molecule has 1 heterocycles. The van der Waals surface area contributed by atoms with Crippen molar-refractivity contribution in [3.8, 4) is 11.4 Å². The number of halogens is 1. The van der Waals surface area contributed by atoms with E-state index in [0.29, 0.717) is 6.54 Å². The Morgan fingerprint density at radius 1 is 1.09 bits per heavy atom. The molecule has 0 saturated carbocycles. The maximum Gasteiger partial charge on any atom is 0.141 e. The first-order valence-corrected chi connectivity index (χ1v) is 7.77. The lowest BCUT2D eigenvalue weighted by Gasteiger charge is -2.21.